The van der Waals surface area contributed by atoms with Gasteiger partial charge in [-0.25, -0.2) is 4.79 Å². The second-order valence-corrected chi connectivity index (χ2v) is 3.47. The van der Waals surface area contributed by atoms with Gasteiger partial charge < -0.3 is 9.29 Å². The third-order valence-electron chi connectivity index (χ3n) is 1.73. The number of carbonyl (C=O) groups excluding carboxylic acids is 1. The van der Waals surface area contributed by atoms with E-state index in [9.17, 15) is 13.6 Å². The monoisotopic (exact) mass is 201 g/mol. The molecular formula is C8H9O4S-. The van der Waals surface area contributed by atoms with Crippen molar-refractivity contribution in [1.29, 1.82) is 0 Å². The number of rotatable bonds is 2. The van der Waals surface area contributed by atoms with Crippen LogP contribution in [0.15, 0.2) is 22.6 Å². The first-order valence-corrected chi connectivity index (χ1v) is 4.81. The maximum absolute atomic E-state index is 11.1. The molecule has 0 aromatic heterocycles. The van der Waals surface area contributed by atoms with Gasteiger partial charge in [-0.3, -0.25) is 4.21 Å². The molecular weight excluding hydrogens is 192 g/mol. The van der Waals surface area contributed by atoms with Crippen LogP contribution in [0.1, 0.15) is 12.8 Å². The van der Waals surface area contributed by atoms with Crippen molar-refractivity contribution in [3.8, 4) is 0 Å². The topological polar surface area (TPSA) is 66.4 Å². The number of ether oxygens (including phenoxy) is 1. The normalized spacial score (nSPS) is 18.6. The van der Waals surface area contributed by atoms with Gasteiger partial charge in [-0.05, 0) is 23.9 Å². The molecule has 0 aromatic rings. The lowest BCUT2D eigenvalue weighted by molar-refractivity contribution is -0.135. The molecule has 5 heteroatoms. The average molecular weight is 201 g/mol. The van der Waals surface area contributed by atoms with Crippen molar-refractivity contribution < 1.29 is 18.3 Å². The molecule has 0 amide bonds. The van der Waals surface area contributed by atoms with Gasteiger partial charge in [0.1, 0.15) is 0 Å². The van der Waals surface area contributed by atoms with E-state index in [0.717, 1.165) is 0 Å². The Kier molecular flexibility index (Phi) is 3.39. The quantitative estimate of drug-likeness (QED) is 0.485. The van der Waals surface area contributed by atoms with E-state index < -0.39 is 17.0 Å². The highest BCUT2D eigenvalue weighted by molar-refractivity contribution is 7.83. The molecule has 0 heterocycles. The van der Waals surface area contributed by atoms with Gasteiger partial charge in [-0.1, -0.05) is 12.2 Å². The van der Waals surface area contributed by atoms with E-state index in [4.69, 9.17) is 0 Å². The Labute approximate surface area is 78.6 Å². The summed E-state index contributed by atoms with van der Waals surface area (Å²) in [5, 5.41) is 0. The van der Waals surface area contributed by atoms with Gasteiger partial charge in [0.15, 0.2) is 0 Å². The van der Waals surface area contributed by atoms with Crippen LogP contribution >= 0.6 is 0 Å². The first-order chi connectivity index (χ1) is 6.16. The average Bonchev–Trinajstić information content (AvgIpc) is 2.16. The Hall–Kier alpha value is -0.940. The Bertz CT molecular complexity index is 303. The Morgan fingerprint density at radius 3 is 2.92 bits per heavy atom. The van der Waals surface area contributed by atoms with E-state index in [1.807, 2.05) is 0 Å². The van der Waals surface area contributed by atoms with Crippen molar-refractivity contribution in [3.63, 3.8) is 0 Å². The molecule has 1 aliphatic carbocycles. The van der Waals surface area contributed by atoms with Gasteiger partial charge >= 0.3 is 5.97 Å². The van der Waals surface area contributed by atoms with Crippen LogP contribution in [0, 0.1) is 0 Å². The summed E-state index contributed by atoms with van der Waals surface area (Å²) in [7, 11) is 1.23. The molecule has 0 fully saturated rings. The molecule has 0 saturated heterocycles. The maximum atomic E-state index is 11.1. The maximum Gasteiger partial charge on any atom is 0.338 e. The number of carbonyl (C=O) groups is 1. The van der Waals surface area contributed by atoms with E-state index in [-0.39, 0.29) is 10.5 Å². The molecule has 72 valence electrons. The van der Waals surface area contributed by atoms with Crippen LogP contribution in [-0.2, 0) is 20.6 Å². The number of methoxy groups -OCH3 is 1. The first kappa shape index (κ1) is 10.1. The summed E-state index contributed by atoms with van der Waals surface area (Å²) in [6.07, 6.45) is 4.25. The molecule has 0 spiro atoms. The van der Waals surface area contributed by atoms with Gasteiger partial charge in [-0.2, -0.15) is 0 Å². The molecule has 0 aromatic carbocycles. The molecule has 1 rings (SSSR count). The van der Waals surface area contributed by atoms with Crippen molar-refractivity contribution >= 4 is 17.0 Å². The van der Waals surface area contributed by atoms with E-state index in [2.05, 4.69) is 4.74 Å². The van der Waals surface area contributed by atoms with Gasteiger partial charge in [0.05, 0.1) is 12.7 Å². The lowest BCUT2D eigenvalue weighted by Gasteiger charge is -2.16. The fraction of sp³-hybridized carbons (Fsp3) is 0.375. The molecule has 0 radical (unpaired) electrons. The molecule has 1 unspecified atom stereocenters. The summed E-state index contributed by atoms with van der Waals surface area (Å²) in [6.45, 7) is 0. The van der Waals surface area contributed by atoms with Crippen molar-refractivity contribution in [1.82, 2.24) is 0 Å². The lowest BCUT2D eigenvalue weighted by atomic mass is 10.1. The summed E-state index contributed by atoms with van der Waals surface area (Å²) in [4.78, 5) is 11.2. The third kappa shape index (κ3) is 2.26. The second kappa shape index (κ2) is 4.34. The second-order valence-electron chi connectivity index (χ2n) is 2.50. The number of hydrogen-bond donors (Lipinski definition) is 0. The predicted molar refractivity (Wildman–Crippen MR) is 46.3 cm³/mol. The molecule has 4 nitrogen and oxygen atoms in total. The zero-order valence-corrected chi connectivity index (χ0v) is 7.93. The molecule has 1 atom stereocenters. The summed E-state index contributed by atoms with van der Waals surface area (Å²) in [5.41, 5.74) is 0.141. The van der Waals surface area contributed by atoms with Crippen LogP contribution in [-0.4, -0.2) is 21.8 Å². The summed E-state index contributed by atoms with van der Waals surface area (Å²) >= 11 is -2.33. The predicted octanol–water partition coefficient (Wildman–Crippen LogP) is 0.643. The van der Waals surface area contributed by atoms with Crippen molar-refractivity contribution in [2.24, 2.45) is 0 Å². The fourth-order valence-corrected chi connectivity index (χ4v) is 1.72. The Morgan fingerprint density at radius 1 is 1.69 bits per heavy atom. The lowest BCUT2D eigenvalue weighted by Crippen LogP contribution is -2.11. The minimum atomic E-state index is -2.33. The molecule has 0 N–H and O–H groups in total. The van der Waals surface area contributed by atoms with Crippen molar-refractivity contribution in [2.75, 3.05) is 7.11 Å². The highest BCUT2D eigenvalue weighted by Gasteiger charge is 2.16. The largest absolute Gasteiger partial charge is 0.769 e. The van der Waals surface area contributed by atoms with Gasteiger partial charge in [0, 0.05) is 4.91 Å². The van der Waals surface area contributed by atoms with Crippen LogP contribution in [0.4, 0.5) is 0 Å². The molecule has 13 heavy (non-hydrogen) atoms. The van der Waals surface area contributed by atoms with Crippen LogP contribution < -0.4 is 0 Å². The smallest absolute Gasteiger partial charge is 0.338 e. The summed E-state index contributed by atoms with van der Waals surface area (Å²) < 4.78 is 25.8. The summed E-state index contributed by atoms with van der Waals surface area (Å²) in [6, 6.07) is 0. The van der Waals surface area contributed by atoms with Crippen molar-refractivity contribution in [2.45, 2.75) is 12.8 Å². The minimum Gasteiger partial charge on any atom is -0.769 e. The van der Waals surface area contributed by atoms with Crippen LogP contribution in [0.3, 0.4) is 0 Å². The first-order valence-electron chi connectivity index (χ1n) is 3.74. The number of hydrogen-bond acceptors (Lipinski definition) is 4. The molecule has 0 aliphatic heterocycles. The van der Waals surface area contributed by atoms with Gasteiger partial charge in [0.25, 0.3) is 0 Å². The highest BCUT2D eigenvalue weighted by Crippen LogP contribution is 2.21. The Morgan fingerprint density at radius 2 is 2.38 bits per heavy atom. The zero-order valence-electron chi connectivity index (χ0n) is 7.11. The molecule has 1 aliphatic rings. The fourth-order valence-electron chi connectivity index (χ4n) is 1.11. The number of esters is 1. The van der Waals surface area contributed by atoms with Gasteiger partial charge in [0.2, 0.25) is 0 Å². The minimum absolute atomic E-state index is 0.134. The van der Waals surface area contributed by atoms with E-state index in [0.29, 0.717) is 12.8 Å². The van der Waals surface area contributed by atoms with Crippen LogP contribution in [0.2, 0.25) is 0 Å². The zero-order chi connectivity index (χ0) is 9.84. The van der Waals surface area contributed by atoms with E-state index >= 15 is 0 Å². The highest BCUT2D eigenvalue weighted by atomic mass is 32.2. The SMILES string of the molecule is COC(=O)C1=C(S(=O)[O-])CCC=C1. The number of allylic oxidation sites excluding steroid dienone is 2. The molecule has 0 bridgehead atoms. The van der Waals surface area contributed by atoms with E-state index in [1.54, 1.807) is 6.08 Å². The van der Waals surface area contributed by atoms with Crippen LogP contribution in [0.5, 0.6) is 0 Å². The Balaban J connectivity index is 3.04. The van der Waals surface area contributed by atoms with Crippen molar-refractivity contribution in [3.05, 3.63) is 22.6 Å². The third-order valence-corrected chi connectivity index (χ3v) is 2.56. The summed E-state index contributed by atoms with van der Waals surface area (Å²) in [5.74, 6) is -0.602. The molecule has 0 saturated carbocycles. The standard InChI is InChI=1S/C8H10O4S/c1-12-8(9)6-4-2-3-5-7(6)13(10)11/h2,4H,3,5H2,1H3,(H,10,11)/p-1. The van der Waals surface area contributed by atoms with Gasteiger partial charge in [-0.15, -0.1) is 0 Å². The van der Waals surface area contributed by atoms with Crippen LogP contribution in [0.25, 0.3) is 0 Å². The van der Waals surface area contributed by atoms with E-state index in [1.165, 1.54) is 13.2 Å².